The molecule has 26 heavy (non-hydrogen) atoms. The standard InChI is InChI=1S/C19H16N4O3/c1-22(12-15-9-5-6-10-17(15)23(25)26)19(24)16-11-20-13-21-18(16)14-7-3-2-4-8-14/h2-11,13H,12H2,1H3. The molecule has 1 aromatic heterocycles. The molecule has 2 aromatic carbocycles. The van der Waals surface area contributed by atoms with Gasteiger partial charge in [0.1, 0.15) is 6.33 Å². The second-order valence-corrected chi connectivity index (χ2v) is 5.70. The van der Waals surface area contributed by atoms with Crippen LogP contribution in [0, 0.1) is 10.1 Å². The van der Waals surface area contributed by atoms with Crippen molar-refractivity contribution in [1.29, 1.82) is 0 Å². The fourth-order valence-corrected chi connectivity index (χ4v) is 2.67. The van der Waals surface area contributed by atoms with Crippen LogP contribution in [0.5, 0.6) is 0 Å². The highest BCUT2D eigenvalue weighted by molar-refractivity contribution is 5.99. The fraction of sp³-hybridized carbons (Fsp3) is 0.105. The summed E-state index contributed by atoms with van der Waals surface area (Å²) in [7, 11) is 1.60. The number of nitro benzene ring substituents is 1. The number of rotatable bonds is 5. The molecular weight excluding hydrogens is 332 g/mol. The maximum Gasteiger partial charge on any atom is 0.274 e. The van der Waals surface area contributed by atoms with Gasteiger partial charge in [0.2, 0.25) is 0 Å². The first kappa shape index (κ1) is 17.2. The molecule has 0 aliphatic rings. The van der Waals surface area contributed by atoms with Crippen molar-refractivity contribution in [1.82, 2.24) is 14.9 Å². The van der Waals surface area contributed by atoms with Gasteiger partial charge in [0.05, 0.1) is 22.7 Å². The summed E-state index contributed by atoms with van der Waals surface area (Å²) in [5.41, 5.74) is 2.13. The number of hydrogen-bond acceptors (Lipinski definition) is 5. The molecule has 0 saturated heterocycles. The van der Waals surface area contributed by atoms with E-state index < -0.39 is 4.92 Å². The Morgan fingerprint density at radius 3 is 2.54 bits per heavy atom. The highest BCUT2D eigenvalue weighted by atomic mass is 16.6. The van der Waals surface area contributed by atoms with Gasteiger partial charge in [0.15, 0.2) is 0 Å². The predicted molar refractivity (Wildman–Crippen MR) is 96.4 cm³/mol. The van der Waals surface area contributed by atoms with E-state index in [9.17, 15) is 14.9 Å². The van der Waals surface area contributed by atoms with Crippen LogP contribution in [-0.2, 0) is 6.54 Å². The first-order chi connectivity index (χ1) is 12.6. The lowest BCUT2D eigenvalue weighted by molar-refractivity contribution is -0.385. The third-order valence-electron chi connectivity index (χ3n) is 3.93. The lowest BCUT2D eigenvalue weighted by Gasteiger charge is -2.18. The average Bonchev–Trinajstić information content (AvgIpc) is 2.68. The normalized spacial score (nSPS) is 10.3. The first-order valence-electron chi connectivity index (χ1n) is 7.91. The van der Waals surface area contributed by atoms with Gasteiger partial charge >= 0.3 is 0 Å². The second kappa shape index (κ2) is 7.52. The third-order valence-corrected chi connectivity index (χ3v) is 3.93. The first-order valence-corrected chi connectivity index (χ1v) is 7.91. The van der Waals surface area contributed by atoms with E-state index in [1.54, 1.807) is 25.2 Å². The van der Waals surface area contributed by atoms with E-state index in [2.05, 4.69) is 9.97 Å². The molecule has 1 heterocycles. The van der Waals surface area contributed by atoms with E-state index in [1.165, 1.54) is 23.5 Å². The zero-order chi connectivity index (χ0) is 18.5. The molecule has 0 aliphatic carbocycles. The Labute approximate surface area is 150 Å². The summed E-state index contributed by atoms with van der Waals surface area (Å²) in [6, 6.07) is 15.7. The number of nitrogens with zero attached hydrogens (tertiary/aromatic N) is 4. The van der Waals surface area contributed by atoms with Gasteiger partial charge in [-0.1, -0.05) is 48.5 Å². The van der Waals surface area contributed by atoms with Gasteiger partial charge in [-0.15, -0.1) is 0 Å². The quantitative estimate of drug-likeness (QED) is 0.521. The maximum absolute atomic E-state index is 12.9. The van der Waals surface area contributed by atoms with Crippen molar-refractivity contribution in [3.05, 3.63) is 88.4 Å². The molecule has 0 N–H and O–H groups in total. The van der Waals surface area contributed by atoms with Crippen LogP contribution in [0.15, 0.2) is 67.1 Å². The van der Waals surface area contributed by atoms with Gasteiger partial charge in [-0.25, -0.2) is 9.97 Å². The minimum atomic E-state index is -0.450. The van der Waals surface area contributed by atoms with E-state index in [1.807, 2.05) is 30.3 Å². The summed E-state index contributed by atoms with van der Waals surface area (Å²) >= 11 is 0. The third kappa shape index (κ3) is 3.56. The molecule has 1 amide bonds. The number of aromatic nitrogens is 2. The van der Waals surface area contributed by atoms with Crippen LogP contribution < -0.4 is 0 Å². The van der Waals surface area contributed by atoms with Gasteiger partial charge in [-0.2, -0.15) is 0 Å². The minimum Gasteiger partial charge on any atom is -0.337 e. The number of carbonyl (C=O) groups is 1. The molecule has 0 unspecified atom stereocenters. The number of hydrogen-bond donors (Lipinski definition) is 0. The fourth-order valence-electron chi connectivity index (χ4n) is 2.67. The minimum absolute atomic E-state index is 0.0141. The van der Waals surface area contributed by atoms with Gasteiger partial charge in [0, 0.05) is 30.4 Å². The number of nitro groups is 1. The molecule has 130 valence electrons. The highest BCUT2D eigenvalue weighted by Crippen LogP contribution is 2.23. The topological polar surface area (TPSA) is 89.2 Å². The average molecular weight is 348 g/mol. The van der Waals surface area contributed by atoms with E-state index in [0.29, 0.717) is 16.8 Å². The molecule has 0 radical (unpaired) electrons. The summed E-state index contributed by atoms with van der Waals surface area (Å²) < 4.78 is 0. The molecular formula is C19H16N4O3. The van der Waals surface area contributed by atoms with Crippen LogP contribution in [0.2, 0.25) is 0 Å². The molecule has 3 aromatic rings. The maximum atomic E-state index is 12.9. The second-order valence-electron chi connectivity index (χ2n) is 5.70. The summed E-state index contributed by atoms with van der Waals surface area (Å²) in [5.74, 6) is -0.303. The summed E-state index contributed by atoms with van der Waals surface area (Å²) in [4.78, 5) is 33.2. The van der Waals surface area contributed by atoms with Crippen molar-refractivity contribution in [2.24, 2.45) is 0 Å². The Kier molecular flexibility index (Phi) is 4.98. The zero-order valence-corrected chi connectivity index (χ0v) is 14.1. The summed E-state index contributed by atoms with van der Waals surface area (Å²) in [6.45, 7) is 0.110. The number of amides is 1. The number of para-hydroxylation sites is 1. The van der Waals surface area contributed by atoms with E-state index >= 15 is 0 Å². The molecule has 7 heteroatoms. The van der Waals surface area contributed by atoms with E-state index in [-0.39, 0.29) is 18.1 Å². The Bertz CT molecular complexity index is 944. The zero-order valence-electron chi connectivity index (χ0n) is 14.1. The molecule has 0 spiro atoms. The van der Waals surface area contributed by atoms with Gasteiger partial charge in [-0.05, 0) is 0 Å². The van der Waals surface area contributed by atoms with E-state index in [0.717, 1.165) is 5.56 Å². The van der Waals surface area contributed by atoms with Crippen LogP contribution in [0.4, 0.5) is 5.69 Å². The van der Waals surface area contributed by atoms with Crippen molar-refractivity contribution in [2.45, 2.75) is 6.54 Å². The van der Waals surface area contributed by atoms with Crippen LogP contribution in [0.25, 0.3) is 11.3 Å². The molecule has 7 nitrogen and oxygen atoms in total. The van der Waals surface area contributed by atoms with Crippen molar-refractivity contribution >= 4 is 11.6 Å². The number of carbonyl (C=O) groups excluding carboxylic acids is 1. The summed E-state index contributed by atoms with van der Waals surface area (Å²) in [6.07, 6.45) is 2.86. The Balaban J connectivity index is 1.90. The lowest BCUT2D eigenvalue weighted by Crippen LogP contribution is -2.27. The Morgan fingerprint density at radius 2 is 1.81 bits per heavy atom. The molecule has 0 saturated carbocycles. The van der Waals surface area contributed by atoms with Gasteiger partial charge < -0.3 is 4.90 Å². The van der Waals surface area contributed by atoms with Crippen LogP contribution in [-0.4, -0.2) is 32.7 Å². The van der Waals surface area contributed by atoms with Crippen molar-refractivity contribution in [3.8, 4) is 11.3 Å². The van der Waals surface area contributed by atoms with Crippen LogP contribution >= 0.6 is 0 Å². The Hall–Kier alpha value is -3.61. The lowest BCUT2D eigenvalue weighted by atomic mass is 10.1. The Morgan fingerprint density at radius 1 is 1.12 bits per heavy atom. The number of benzene rings is 2. The van der Waals surface area contributed by atoms with Crippen molar-refractivity contribution in [2.75, 3.05) is 7.05 Å². The van der Waals surface area contributed by atoms with Crippen molar-refractivity contribution < 1.29 is 9.72 Å². The monoisotopic (exact) mass is 348 g/mol. The largest absolute Gasteiger partial charge is 0.337 e. The molecule has 0 atom stereocenters. The van der Waals surface area contributed by atoms with Crippen LogP contribution in [0.3, 0.4) is 0 Å². The smallest absolute Gasteiger partial charge is 0.274 e. The van der Waals surface area contributed by atoms with Crippen molar-refractivity contribution in [3.63, 3.8) is 0 Å². The molecule has 3 rings (SSSR count). The molecule has 0 fully saturated rings. The summed E-state index contributed by atoms with van der Waals surface area (Å²) in [5, 5.41) is 11.2. The highest BCUT2D eigenvalue weighted by Gasteiger charge is 2.21. The van der Waals surface area contributed by atoms with Gasteiger partial charge in [-0.3, -0.25) is 14.9 Å². The predicted octanol–water partition coefficient (Wildman–Crippen LogP) is 3.32. The molecule has 0 bridgehead atoms. The van der Waals surface area contributed by atoms with Crippen LogP contribution in [0.1, 0.15) is 15.9 Å². The van der Waals surface area contributed by atoms with E-state index in [4.69, 9.17) is 0 Å². The SMILES string of the molecule is CN(Cc1ccccc1[N+](=O)[O-])C(=O)c1cncnc1-c1ccccc1. The van der Waals surface area contributed by atoms with Gasteiger partial charge in [0.25, 0.3) is 11.6 Å². The molecule has 0 aliphatic heterocycles.